The van der Waals surface area contributed by atoms with Gasteiger partial charge in [-0.25, -0.2) is 0 Å². The van der Waals surface area contributed by atoms with Crippen LogP contribution in [0.1, 0.15) is 25.3 Å². The lowest BCUT2D eigenvalue weighted by Crippen LogP contribution is -2.45. The highest BCUT2D eigenvalue weighted by Gasteiger charge is 2.30. The Labute approximate surface area is 129 Å². The van der Waals surface area contributed by atoms with E-state index >= 15 is 0 Å². The van der Waals surface area contributed by atoms with E-state index in [1.807, 2.05) is 38.1 Å². The number of hydrogen-bond acceptors (Lipinski definition) is 3. The lowest BCUT2D eigenvalue weighted by molar-refractivity contribution is -0.145. The first-order chi connectivity index (χ1) is 9.97. The van der Waals surface area contributed by atoms with Crippen LogP contribution in [0.2, 0.25) is 0 Å². The van der Waals surface area contributed by atoms with Gasteiger partial charge >= 0.3 is 5.97 Å². The van der Waals surface area contributed by atoms with Gasteiger partial charge in [0.25, 0.3) is 0 Å². The van der Waals surface area contributed by atoms with E-state index in [0.29, 0.717) is 19.5 Å². The molecule has 0 aromatic heterocycles. The Morgan fingerprint density at radius 1 is 1.33 bits per heavy atom. The molecule has 1 fully saturated rings. The van der Waals surface area contributed by atoms with E-state index in [-0.39, 0.29) is 11.2 Å². The molecule has 0 aliphatic carbocycles. The number of piperidine rings is 1. The summed E-state index contributed by atoms with van der Waals surface area (Å²) in [4.78, 5) is 26.3. The van der Waals surface area contributed by atoms with Gasteiger partial charge in [-0.05, 0) is 38.8 Å². The fourth-order valence-corrected chi connectivity index (χ4v) is 3.46. The van der Waals surface area contributed by atoms with Gasteiger partial charge < -0.3 is 10.0 Å². The normalized spacial score (nSPS) is 20.1. The third-order valence-electron chi connectivity index (χ3n) is 3.76. The van der Waals surface area contributed by atoms with Crippen molar-refractivity contribution < 1.29 is 14.7 Å². The number of aliphatic carboxylic acids is 1. The predicted molar refractivity (Wildman–Crippen MR) is 83.4 cm³/mol. The Bertz CT molecular complexity index is 515. The second kappa shape index (κ2) is 6.98. The standard InChI is InChI=1S/C16H21NO3S/c1-11-5-7-14(8-6-11)21-12(2)15(18)17-9-3-4-13(10-17)16(19)20/h5-8,12-13H,3-4,9-10H2,1-2H3,(H,19,20). The van der Waals surface area contributed by atoms with Gasteiger partial charge in [0.05, 0.1) is 11.2 Å². The minimum absolute atomic E-state index is 0.0338. The molecular formula is C16H21NO3S. The van der Waals surface area contributed by atoms with Gasteiger partial charge in [0, 0.05) is 18.0 Å². The third kappa shape index (κ3) is 4.24. The average molecular weight is 307 g/mol. The number of carboxylic acids is 1. The fourth-order valence-electron chi connectivity index (χ4n) is 2.51. The molecule has 0 spiro atoms. The average Bonchev–Trinajstić information content (AvgIpc) is 2.49. The molecular weight excluding hydrogens is 286 g/mol. The van der Waals surface area contributed by atoms with E-state index in [2.05, 4.69) is 0 Å². The second-order valence-corrected chi connectivity index (χ2v) is 6.95. The van der Waals surface area contributed by atoms with Crippen molar-refractivity contribution in [3.63, 3.8) is 0 Å². The summed E-state index contributed by atoms with van der Waals surface area (Å²) in [5.74, 6) is -1.18. The number of carboxylic acid groups (broad SMARTS) is 1. The van der Waals surface area contributed by atoms with E-state index in [0.717, 1.165) is 11.3 Å². The van der Waals surface area contributed by atoms with Gasteiger partial charge in [0.2, 0.25) is 5.91 Å². The topological polar surface area (TPSA) is 57.6 Å². The van der Waals surface area contributed by atoms with Crippen molar-refractivity contribution in [2.75, 3.05) is 13.1 Å². The van der Waals surface area contributed by atoms with Gasteiger partial charge in [-0.2, -0.15) is 0 Å². The molecule has 21 heavy (non-hydrogen) atoms. The van der Waals surface area contributed by atoms with Crippen LogP contribution >= 0.6 is 11.8 Å². The van der Waals surface area contributed by atoms with Crippen LogP contribution in [0, 0.1) is 12.8 Å². The van der Waals surface area contributed by atoms with Crippen molar-refractivity contribution in [1.29, 1.82) is 0 Å². The van der Waals surface area contributed by atoms with Crippen LogP contribution < -0.4 is 0 Å². The van der Waals surface area contributed by atoms with E-state index < -0.39 is 11.9 Å². The molecule has 0 radical (unpaired) electrons. The summed E-state index contributed by atoms with van der Waals surface area (Å²) in [6.45, 7) is 4.93. The van der Waals surface area contributed by atoms with Gasteiger partial charge in [0.15, 0.2) is 0 Å². The number of carbonyl (C=O) groups excluding carboxylic acids is 1. The zero-order valence-corrected chi connectivity index (χ0v) is 13.2. The molecule has 1 amide bonds. The van der Waals surface area contributed by atoms with Gasteiger partial charge in [-0.15, -0.1) is 11.8 Å². The molecule has 1 N–H and O–H groups in total. The number of rotatable bonds is 4. The van der Waals surface area contributed by atoms with Crippen molar-refractivity contribution in [3.05, 3.63) is 29.8 Å². The van der Waals surface area contributed by atoms with E-state index in [9.17, 15) is 9.59 Å². The summed E-state index contributed by atoms with van der Waals surface area (Å²) in [7, 11) is 0. The van der Waals surface area contributed by atoms with Crippen LogP contribution in [0.15, 0.2) is 29.2 Å². The maximum Gasteiger partial charge on any atom is 0.308 e. The number of nitrogens with zero attached hydrogens (tertiary/aromatic N) is 1. The molecule has 1 aromatic carbocycles. The molecule has 2 atom stereocenters. The summed E-state index contributed by atoms with van der Waals surface area (Å²) in [5.41, 5.74) is 1.19. The van der Waals surface area contributed by atoms with Crippen LogP contribution in [-0.2, 0) is 9.59 Å². The largest absolute Gasteiger partial charge is 0.481 e. The van der Waals surface area contributed by atoms with Crippen molar-refractivity contribution >= 4 is 23.6 Å². The molecule has 0 saturated carbocycles. The first-order valence-electron chi connectivity index (χ1n) is 7.22. The maximum atomic E-state index is 12.4. The van der Waals surface area contributed by atoms with Crippen molar-refractivity contribution in [1.82, 2.24) is 4.90 Å². The smallest absolute Gasteiger partial charge is 0.308 e. The first kappa shape index (κ1) is 15.9. The minimum atomic E-state index is -0.800. The van der Waals surface area contributed by atoms with E-state index in [4.69, 9.17) is 5.11 Å². The molecule has 1 aromatic rings. The van der Waals surface area contributed by atoms with Gasteiger partial charge in [0.1, 0.15) is 0 Å². The Morgan fingerprint density at radius 3 is 2.62 bits per heavy atom. The zero-order chi connectivity index (χ0) is 15.4. The van der Waals surface area contributed by atoms with Crippen molar-refractivity contribution in [2.45, 2.75) is 36.8 Å². The predicted octanol–water partition coefficient (Wildman–Crippen LogP) is 2.80. The first-order valence-corrected chi connectivity index (χ1v) is 8.10. The summed E-state index contributed by atoms with van der Waals surface area (Å²) >= 11 is 1.53. The van der Waals surface area contributed by atoms with Crippen molar-refractivity contribution in [3.8, 4) is 0 Å². The lowest BCUT2D eigenvalue weighted by atomic mass is 9.98. The van der Waals surface area contributed by atoms with Crippen molar-refractivity contribution in [2.24, 2.45) is 5.92 Å². The van der Waals surface area contributed by atoms with Crippen LogP contribution in [-0.4, -0.2) is 40.2 Å². The second-order valence-electron chi connectivity index (χ2n) is 5.53. The van der Waals surface area contributed by atoms with Crippen LogP contribution in [0.25, 0.3) is 0 Å². The quantitative estimate of drug-likeness (QED) is 0.869. The maximum absolute atomic E-state index is 12.4. The number of thioether (sulfide) groups is 1. The summed E-state index contributed by atoms with van der Waals surface area (Å²) < 4.78 is 0. The van der Waals surface area contributed by atoms with E-state index in [1.165, 1.54) is 17.3 Å². The Hall–Kier alpha value is -1.49. The number of carbonyl (C=O) groups is 2. The minimum Gasteiger partial charge on any atom is -0.481 e. The van der Waals surface area contributed by atoms with Gasteiger partial charge in [-0.1, -0.05) is 17.7 Å². The molecule has 1 aliphatic heterocycles. The highest BCUT2D eigenvalue weighted by atomic mass is 32.2. The summed E-state index contributed by atoms with van der Waals surface area (Å²) in [5, 5.41) is 8.90. The SMILES string of the molecule is Cc1ccc(SC(C)C(=O)N2CCCC(C(=O)O)C2)cc1. The Kier molecular flexibility index (Phi) is 5.28. The summed E-state index contributed by atoms with van der Waals surface area (Å²) in [6, 6.07) is 8.09. The third-order valence-corrected chi connectivity index (χ3v) is 4.86. The number of aryl methyl sites for hydroxylation is 1. The molecule has 4 nitrogen and oxygen atoms in total. The highest BCUT2D eigenvalue weighted by Crippen LogP contribution is 2.26. The fraction of sp³-hybridized carbons (Fsp3) is 0.500. The number of likely N-dealkylation sites (tertiary alicyclic amines) is 1. The monoisotopic (exact) mass is 307 g/mol. The van der Waals surface area contributed by atoms with Crippen LogP contribution in [0.3, 0.4) is 0 Å². The summed E-state index contributed by atoms with van der Waals surface area (Å²) in [6.07, 6.45) is 1.43. The molecule has 1 saturated heterocycles. The number of amides is 1. The lowest BCUT2D eigenvalue weighted by Gasteiger charge is -2.32. The molecule has 1 aliphatic rings. The molecule has 0 bridgehead atoms. The molecule has 2 unspecified atom stereocenters. The molecule has 5 heteroatoms. The number of hydrogen-bond donors (Lipinski definition) is 1. The molecule has 114 valence electrons. The zero-order valence-electron chi connectivity index (χ0n) is 12.4. The Balaban J connectivity index is 1.95. The number of benzene rings is 1. The highest BCUT2D eigenvalue weighted by molar-refractivity contribution is 8.00. The van der Waals surface area contributed by atoms with E-state index in [1.54, 1.807) is 4.90 Å². The Morgan fingerprint density at radius 2 is 2.00 bits per heavy atom. The molecule has 1 heterocycles. The van der Waals surface area contributed by atoms with Gasteiger partial charge in [-0.3, -0.25) is 9.59 Å². The van der Waals surface area contributed by atoms with Crippen LogP contribution in [0.4, 0.5) is 0 Å². The van der Waals surface area contributed by atoms with Crippen LogP contribution in [0.5, 0.6) is 0 Å². The molecule has 2 rings (SSSR count).